The molecule has 1 fully saturated rings. The Morgan fingerprint density at radius 1 is 1.25 bits per heavy atom. The largest absolute Gasteiger partial charge is 0.455 e. The average molecular weight is 330 g/mol. The van der Waals surface area contributed by atoms with E-state index in [-0.39, 0.29) is 24.3 Å². The lowest BCUT2D eigenvalue weighted by atomic mass is 9.90. The number of para-hydroxylation sites is 2. The van der Waals surface area contributed by atoms with Gasteiger partial charge in [-0.3, -0.25) is 19.3 Å². The molecule has 1 aromatic rings. The first kappa shape index (κ1) is 16.5. The van der Waals surface area contributed by atoms with E-state index in [1.54, 1.807) is 24.8 Å². The Kier molecular flexibility index (Phi) is 4.30. The molecule has 2 aliphatic rings. The molecule has 1 heterocycles. The van der Waals surface area contributed by atoms with Gasteiger partial charge in [-0.05, 0) is 25.0 Å². The maximum Gasteiger partial charge on any atom is 0.308 e. The summed E-state index contributed by atoms with van der Waals surface area (Å²) in [6, 6.07) is 7.24. The molecule has 0 unspecified atom stereocenters. The molecule has 2 amide bonds. The predicted molar refractivity (Wildman–Crippen MR) is 89.6 cm³/mol. The minimum atomic E-state index is -0.865. The van der Waals surface area contributed by atoms with Crippen molar-refractivity contribution in [3.63, 3.8) is 0 Å². The highest BCUT2D eigenvalue weighted by molar-refractivity contribution is 6.15. The van der Waals surface area contributed by atoms with Gasteiger partial charge in [0.2, 0.25) is 0 Å². The van der Waals surface area contributed by atoms with Crippen molar-refractivity contribution in [2.24, 2.45) is 5.92 Å². The van der Waals surface area contributed by atoms with E-state index in [1.807, 2.05) is 18.2 Å². The van der Waals surface area contributed by atoms with E-state index in [9.17, 15) is 14.4 Å². The highest BCUT2D eigenvalue weighted by atomic mass is 16.5. The van der Waals surface area contributed by atoms with Crippen LogP contribution in [0.5, 0.6) is 0 Å². The Labute approximate surface area is 141 Å². The van der Waals surface area contributed by atoms with Gasteiger partial charge in [-0.2, -0.15) is 0 Å². The molecule has 0 saturated heterocycles. The number of hydrogen-bond acceptors (Lipinski definition) is 4. The van der Waals surface area contributed by atoms with Crippen LogP contribution in [0.1, 0.15) is 39.5 Å². The summed E-state index contributed by atoms with van der Waals surface area (Å²) in [5.41, 5.74) is 0.420. The Balaban J connectivity index is 1.93. The van der Waals surface area contributed by atoms with Crippen molar-refractivity contribution in [2.45, 2.75) is 45.1 Å². The van der Waals surface area contributed by atoms with Crippen molar-refractivity contribution in [3.05, 3.63) is 24.3 Å². The second kappa shape index (κ2) is 6.26. The molecule has 1 aliphatic carbocycles. The van der Waals surface area contributed by atoms with Gasteiger partial charge in [0.25, 0.3) is 11.8 Å². The van der Waals surface area contributed by atoms with Crippen LogP contribution in [-0.4, -0.2) is 29.9 Å². The number of rotatable bonds is 3. The summed E-state index contributed by atoms with van der Waals surface area (Å²) in [7, 11) is 0. The van der Waals surface area contributed by atoms with Gasteiger partial charge in [0.15, 0.2) is 6.61 Å². The van der Waals surface area contributed by atoms with Crippen LogP contribution >= 0.6 is 0 Å². The number of carbonyl (C=O) groups excluding carboxylic acids is 3. The van der Waals surface area contributed by atoms with Gasteiger partial charge < -0.3 is 10.1 Å². The van der Waals surface area contributed by atoms with Crippen LogP contribution in [0.3, 0.4) is 0 Å². The summed E-state index contributed by atoms with van der Waals surface area (Å²) in [6.07, 6.45) is 3.03. The topological polar surface area (TPSA) is 75.7 Å². The molecule has 0 atom stereocenters. The number of hydrogen-bond donors (Lipinski definition) is 1. The van der Waals surface area contributed by atoms with E-state index in [2.05, 4.69) is 5.32 Å². The highest BCUT2D eigenvalue weighted by Gasteiger charge is 2.52. The lowest BCUT2D eigenvalue weighted by Crippen LogP contribution is -2.61. The van der Waals surface area contributed by atoms with Gasteiger partial charge in [0.1, 0.15) is 5.54 Å². The molecule has 6 heteroatoms. The quantitative estimate of drug-likeness (QED) is 0.864. The number of nitrogens with one attached hydrogen (secondary N) is 1. The summed E-state index contributed by atoms with van der Waals surface area (Å²) in [4.78, 5) is 38.8. The van der Waals surface area contributed by atoms with Gasteiger partial charge in [0.05, 0.1) is 17.3 Å². The van der Waals surface area contributed by atoms with Gasteiger partial charge in [-0.15, -0.1) is 0 Å². The fraction of sp³-hybridized carbons (Fsp3) is 0.500. The third-order valence-corrected chi connectivity index (χ3v) is 4.73. The molecule has 3 rings (SSSR count). The SMILES string of the molecule is CC(C)C(=O)OCC(=O)N1c2ccccc2NC(=O)C12CCCC2. The summed E-state index contributed by atoms with van der Waals surface area (Å²) in [5.74, 6) is -1.22. The summed E-state index contributed by atoms with van der Waals surface area (Å²) < 4.78 is 5.11. The number of carbonyl (C=O) groups is 3. The van der Waals surface area contributed by atoms with Crippen molar-refractivity contribution in [2.75, 3.05) is 16.8 Å². The minimum Gasteiger partial charge on any atom is -0.455 e. The third kappa shape index (κ3) is 2.66. The van der Waals surface area contributed by atoms with E-state index in [4.69, 9.17) is 4.74 Å². The first-order valence-electron chi connectivity index (χ1n) is 8.36. The molecule has 1 N–H and O–H groups in total. The van der Waals surface area contributed by atoms with E-state index < -0.39 is 11.5 Å². The van der Waals surface area contributed by atoms with Crippen molar-refractivity contribution < 1.29 is 19.1 Å². The normalized spacial score (nSPS) is 18.5. The van der Waals surface area contributed by atoms with E-state index in [0.29, 0.717) is 24.2 Å². The Morgan fingerprint density at radius 2 is 1.92 bits per heavy atom. The molecule has 0 aromatic heterocycles. The molecule has 6 nitrogen and oxygen atoms in total. The molecule has 1 aliphatic heterocycles. The van der Waals surface area contributed by atoms with Crippen molar-refractivity contribution in [3.8, 4) is 0 Å². The Morgan fingerprint density at radius 3 is 2.58 bits per heavy atom. The van der Waals surface area contributed by atoms with Crippen LogP contribution in [0.2, 0.25) is 0 Å². The second-order valence-corrected chi connectivity index (χ2v) is 6.70. The molecule has 24 heavy (non-hydrogen) atoms. The number of nitrogens with zero attached hydrogens (tertiary/aromatic N) is 1. The summed E-state index contributed by atoms with van der Waals surface area (Å²) in [6.45, 7) is 3.09. The summed E-state index contributed by atoms with van der Waals surface area (Å²) >= 11 is 0. The molecule has 0 radical (unpaired) electrons. The van der Waals surface area contributed by atoms with Crippen LogP contribution in [-0.2, 0) is 19.1 Å². The molecular weight excluding hydrogens is 308 g/mol. The predicted octanol–water partition coefficient (Wildman–Crippen LogP) is 2.48. The first-order valence-corrected chi connectivity index (χ1v) is 8.36. The number of anilines is 2. The van der Waals surface area contributed by atoms with Crippen LogP contribution in [0.25, 0.3) is 0 Å². The monoisotopic (exact) mass is 330 g/mol. The fourth-order valence-corrected chi connectivity index (χ4v) is 3.49. The van der Waals surface area contributed by atoms with Gasteiger partial charge >= 0.3 is 5.97 Å². The molecule has 1 saturated carbocycles. The van der Waals surface area contributed by atoms with Crippen molar-refractivity contribution in [1.29, 1.82) is 0 Å². The lowest BCUT2D eigenvalue weighted by Gasteiger charge is -2.44. The molecule has 0 bridgehead atoms. The van der Waals surface area contributed by atoms with E-state index >= 15 is 0 Å². The number of fused-ring (bicyclic) bond motifs is 1. The van der Waals surface area contributed by atoms with Crippen molar-refractivity contribution in [1.82, 2.24) is 0 Å². The minimum absolute atomic E-state index is 0.151. The molecule has 128 valence electrons. The highest BCUT2D eigenvalue weighted by Crippen LogP contribution is 2.45. The zero-order valence-corrected chi connectivity index (χ0v) is 14.0. The van der Waals surface area contributed by atoms with Crippen LogP contribution in [0, 0.1) is 5.92 Å². The van der Waals surface area contributed by atoms with E-state index in [0.717, 1.165) is 12.8 Å². The molecular formula is C18H22N2O4. The number of ether oxygens (including phenoxy) is 1. The smallest absolute Gasteiger partial charge is 0.308 e. The molecule has 1 aromatic carbocycles. The first-order chi connectivity index (χ1) is 11.5. The number of benzene rings is 1. The maximum absolute atomic E-state index is 12.9. The maximum atomic E-state index is 12.9. The third-order valence-electron chi connectivity index (χ3n) is 4.73. The van der Waals surface area contributed by atoms with Crippen LogP contribution < -0.4 is 10.2 Å². The summed E-state index contributed by atoms with van der Waals surface area (Å²) in [5, 5.41) is 2.92. The van der Waals surface area contributed by atoms with Crippen molar-refractivity contribution >= 4 is 29.2 Å². The van der Waals surface area contributed by atoms with Gasteiger partial charge in [0, 0.05) is 0 Å². The van der Waals surface area contributed by atoms with E-state index in [1.165, 1.54) is 0 Å². The number of amides is 2. The average Bonchev–Trinajstić information content (AvgIpc) is 3.04. The van der Waals surface area contributed by atoms with Crippen LogP contribution in [0.4, 0.5) is 11.4 Å². The Bertz CT molecular complexity index is 677. The van der Waals surface area contributed by atoms with Gasteiger partial charge in [-0.25, -0.2) is 0 Å². The zero-order valence-electron chi connectivity index (χ0n) is 14.0. The number of esters is 1. The second-order valence-electron chi connectivity index (χ2n) is 6.70. The standard InChI is InChI=1S/C18H22N2O4/c1-12(2)16(22)24-11-15(21)20-14-8-4-3-7-13(14)19-17(23)18(20)9-5-6-10-18/h3-4,7-8,12H,5-6,9-11H2,1-2H3,(H,19,23). The van der Waals surface area contributed by atoms with Crippen LogP contribution in [0.15, 0.2) is 24.3 Å². The lowest BCUT2D eigenvalue weighted by molar-refractivity contribution is -0.151. The zero-order chi connectivity index (χ0) is 17.3. The fourth-order valence-electron chi connectivity index (χ4n) is 3.49. The Hall–Kier alpha value is -2.37. The molecule has 1 spiro atoms. The van der Waals surface area contributed by atoms with Gasteiger partial charge in [-0.1, -0.05) is 38.8 Å².